The molecule has 1 heterocycles. The summed E-state index contributed by atoms with van der Waals surface area (Å²) >= 11 is 3.25. The van der Waals surface area contributed by atoms with Gasteiger partial charge in [0.15, 0.2) is 0 Å². The lowest BCUT2D eigenvalue weighted by Crippen LogP contribution is -2.02. The van der Waals surface area contributed by atoms with Crippen LogP contribution in [0.1, 0.15) is 12.8 Å². The molecule has 2 N–H and O–H groups in total. The van der Waals surface area contributed by atoms with E-state index in [4.69, 9.17) is 10.5 Å². The zero-order valence-electron chi connectivity index (χ0n) is 7.74. The molecule has 0 saturated heterocycles. The predicted molar refractivity (Wildman–Crippen MR) is 59.1 cm³/mol. The Bertz CT molecular complexity index is 317. The van der Waals surface area contributed by atoms with Crippen LogP contribution in [0.3, 0.4) is 0 Å². The number of allylic oxidation sites excluding steroid dienone is 1. The molecule has 0 fully saturated rings. The molecule has 0 radical (unpaired) electrons. The molecule has 0 aliphatic carbocycles. The Balaban J connectivity index is 2.50. The fraction of sp³-hybridized carbons (Fsp3) is 0.333. The van der Waals surface area contributed by atoms with E-state index in [-0.39, 0.29) is 0 Å². The van der Waals surface area contributed by atoms with Crippen molar-refractivity contribution in [2.24, 2.45) is 0 Å². The maximum Gasteiger partial charge on any atom is 0.233 e. The van der Waals surface area contributed by atoms with Crippen LogP contribution in [0.5, 0.6) is 5.88 Å². The number of unbranched alkanes of at least 4 members (excludes halogenated alkanes) is 1. The van der Waals surface area contributed by atoms with Crippen LogP contribution in [0.2, 0.25) is 0 Å². The molecule has 0 spiro atoms. The second-order valence-electron chi connectivity index (χ2n) is 2.66. The molecule has 0 bridgehead atoms. The molecule has 5 heteroatoms. The van der Waals surface area contributed by atoms with Gasteiger partial charge in [-0.3, -0.25) is 0 Å². The number of halogens is 1. The Morgan fingerprint density at radius 3 is 3.07 bits per heavy atom. The number of ether oxygens (including phenoxy) is 1. The summed E-state index contributed by atoms with van der Waals surface area (Å²) in [5.41, 5.74) is 5.56. The van der Waals surface area contributed by atoms with E-state index in [0.29, 0.717) is 22.8 Å². The van der Waals surface area contributed by atoms with Gasteiger partial charge in [0.25, 0.3) is 0 Å². The minimum Gasteiger partial charge on any atom is -0.477 e. The van der Waals surface area contributed by atoms with Crippen LogP contribution >= 0.6 is 15.9 Å². The molecule has 0 unspecified atom stereocenters. The van der Waals surface area contributed by atoms with E-state index in [2.05, 4.69) is 32.5 Å². The molecule has 14 heavy (non-hydrogen) atoms. The van der Waals surface area contributed by atoms with Gasteiger partial charge in [-0.25, -0.2) is 9.97 Å². The summed E-state index contributed by atoms with van der Waals surface area (Å²) in [6.07, 6.45) is 5.08. The van der Waals surface area contributed by atoms with Crippen molar-refractivity contribution in [3.63, 3.8) is 0 Å². The Hall–Kier alpha value is -1.10. The summed E-state index contributed by atoms with van der Waals surface area (Å²) in [7, 11) is 0. The number of hydrogen-bond acceptors (Lipinski definition) is 4. The second-order valence-corrected chi connectivity index (χ2v) is 3.45. The number of rotatable bonds is 5. The highest BCUT2D eigenvalue weighted by molar-refractivity contribution is 9.10. The lowest BCUT2D eigenvalue weighted by molar-refractivity contribution is 0.298. The fourth-order valence-electron chi connectivity index (χ4n) is 0.864. The van der Waals surface area contributed by atoms with Gasteiger partial charge in [-0.2, -0.15) is 0 Å². The number of nitrogens with zero attached hydrogens (tertiary/aromatic N) is 2. The third-order valence-electron chi connectivity index (χ3n) is 1.58. The van der Waals surface area contributed by atoms with Crippen LogP contribution < -0.4 is 10.5 Å². The lowest BCUT2D eigenvalue weighted by Gasteiger charge is -2.06. The molecule has 1 aromatic heterocycles. The zero-order valence-corrected chi connectivity index (χ0v) is 9.33. The van der Waals surface area contributed by atoms with Crippen LogP contribution in [0.4, 0.5) is 5.82 Å². The predicted octanol–water partition coefficient (Wildman–Crippen LogP) is 2.17. The van der Waals surface area contributed by atoms with E-state index in [9.17, 15) is 0 Å². The first-order valence-corrected chi connectivity index (χ1v) is 5.04. The van der Waals surface area contributed by atoms with E-state index in [1.165, 1.54) is 6.33 Å². The van der Waals surface area contributed by atoms with Crippen molar-refractivity contribution in [3.05, 3.63) is 23.5 Å². The summed E-state index contributed by atoms with van der Waals surface area (Å²) < 4.78 is 6.00. The van der Waals surface area contributed by atoms with Crippen LogP contribution in [-0.2, 0) is 0 Å². The summed E-state index contributed by atoms with van der Waals surface area (Å²) in [4.78, 5) is 7.76. The fourth-order valence-corrected chi connectivity index (χ4v) is 1.18. The van der Waals surface area contributed by atoms with E-state index < -0.39 is 0 Å². The van der Waals surface area contributed by atoms with Crippen LogP contribution in [0.15, 0.2) is 23.5 Å². The monoisotopic (exact) mass is 257 g/mol. The van der Waals surface area contributed by atoms with E-state index in [0.717, 1.165) is 12.8 Å². The smallest absolute Gasteiger partial charge is 0.233 e. The molecular weight excluding hydrogens is 246 g/mol. The van der Waals surface area contributed by atoms with Crippen LogP contribution in [0, 0.1) is 0 Å². The topological polar surface area (TPSA) is 61.0 Å². The first-order valence-electron chi connectivity index (χ1n) is 4.25. The average Bonchev–Trinajstić information content (AvgIpc) is 2.19. The summed E-state index contributed by atoms with van der Waals surface area (Å²) in [5.74, 6) is 0.875. The van der Waals surface area contributed by atoms with Gasteiger partial charge in [-0.1, -0.05) is 6.08 Å². The quantitative estimate of drug-likeness (QED) is 0.649. The van der Waals surface area contributed by atoms with Crippen LogP contribution in [-0.4, -0.2) is 16.6 Å². The number of aromatic nitrogens is 2. The largest absolute Gasteiger partial charge is 0.477 e. The van der Waals surface area contributed by atoms with E-state index >= 15 is 0 Å². The molecule has 76 valence electrons. The standard InChI is InChI=1S/C9H12BrN3O/c1-2-3-4-5-14-9-7(10)8(11)12-6-13-9/h2,6H,1,3-5H2,(H2,11,12,13). The van der Waals surface area contributed by atoms with Crippen molar-refractivity contribution in [1.82, 2.24) is 9.97 Å². The minimum atomic E-state index is 0.388. The number of nitrogen functional groups attached to an aromatic ring is 1. The minimum absolute atomic E-state index is 0.388. The molecule has 0 aliphatic heterocycles. The van der Waals surface area contributed by atoms with Gasteiger partial charge in [0, 0.05) is 0 Å². The highest BCUT2D eigenvalue weighted by Crippen LogP contribution is 2.25. The molecule has 0 aliphatic rings. The second kappa shape index (κ2) is 5.59. The molecule has 0 atom stereocenters. The van der Waals surface area contributed by atoms with Crippen molar-refractivity contribution in [2.75, 3.05) is 12.3 Å². The van der Waals surface area contributed by atoms with Crippen molar-refractivity contribution >= 4 is 21.7 Å². The maximum atomic E-state index is 5.56. The lowest BCUT2D eigenvalue weighted by atomic mass is 10.3. The van der Waals surface area contributed by atoms with E-state index in [1.807, 2.05) is 6.08 Å². The number of anilines is 1. The van der Waals surface area contributed by atoms with Crippen molar-refractivity contribution in [1.29, 1.82) is 0 Å². The molecular formula is C9H12BrN3O. The Kier molecular flexibility index (Phi) is 4.39. The first kappa shape index (κ1) is 11.0. The number of nitrogens with two attached hydrogens (primary N) is 1. The molecule has 1 aromatic rings. The van der Waals surface area contributed by atoms with Gasteiger partial charge in [0.1, 0.15) is 16.6 Å². The van der Waals surface area contributed by atoms with Gasteiger partial charge in [0.05, 0.1) is 6.61 Å². The van der Waals surface area contributed by atoms with E-state index in [1.54, 1.807) is 0 Å². The van der Waals surface area contributed by atoms with Crippen LogP contribution in [0.25, 0.3) is 0 Å². The summed E-state index contributed by atoms with van der Waals surface area (Å²) in [5, 5.41) is 0. The van der Waals surface area contributed by atoms with Gasteiger partial charge >= 0.3 is 0 Å². The molecule has 0 aromatic carbocycles. The van der Waals surface area contributed by atoms with Crippen molar-refractivity contribution in [2.45, 2.75) is 12.8 Å². The average molecular weight is 258 g/mol. The molecule has 0 amide bonds. The Morgan fingerprint density at radius 2 is 2.36 bits per heavy atom. The normalized spacial score (nSPS) is 9.79. The summed E-state index contributed by atoms with van der Waals surface area (Å²) in [6, 6.07) is 0. The first-order chi connectivity index (χ1) is 6.75. The third-order valence-corrected chi connectivity index (χ3v) is 2.32. The molecule has 4 nitrogen and oxygen atoms in total. The zero-order chi connectivity index (χ0) is 10.4. The highest BCUT2D eigenvalue weighted by atomic mass is 79.9. The molecule has 0 saturated carbocycles. The SMILES string of the molecule is C=CCCCOc1ncnc(N)c1Br. The van der Waals surface area contributed by atoms with Gasteiger partial charge in [-0.15, -0.1) is 6.58 Å². The highest BCUT2D eigenvalue weighted by Gasteiger charge is 2.05. The van der Waals surface area contributed by atoms with Gasteiger partial charge in [0.2, 0.25) is 5.88 Å². The molecule has 1 rings (SSSR count). The summed E-state index contributed by atoms with van der Waals surface area (Å²) in [6.45, 7) is 4.22. The third kappa shape index (κ3) is 2.99. The van der Waals surface area contributed by atoms with Crippen molar-refractivity contribution < 1.29 is 4.74 Å². The maximum absolute atomic E-state index is 5.56. The Morgan fingerprint density at radius 1 is 1.57 bits per heavy atom. The Labute approximate surface area is 91.3 Å². The van der Waals surface area contributed by atoms with Gasteiger partial charge < -0.3 is 10.5 Å². The van der Waals surface area contributed by atoms with Crippen molar-refractivity contribution in [3.8, 4) is 5.88 Å². The number of hydrogen-bond donors (Lipinski definition) is 1. The van der Waals surface area contributed by atoms with Gasteiger partial charge in [-0.05, 0) is 28.8 Å².